The number of carbonyl (C=O) groups is 1. The first-order valence-electron chi connectivity index (χ1n) is 5.52. The van der Waals surface area contributed by atoms with Crippen molar-refractivity contribution in [1.82, 2.24) is 5.32 Å². The van der Waals surface area contributed by atoms with E-state index in [0.29, 0.717) is 12.3 Å². The predicted octanol–water partition coefficient (Wildman–Crippen LogP) is 3.23. The van der Waals surface area contributed by atoms with Crippen LogP contribution in [0.5, 0.6) is 0 Å². The molecule has 0 aromatic heterocycles. The number of hydrogen-bond acceptors (Lipinski definition) is 1. The van der Waals surface area contributed by atoms with Gasteiger partial charge in [-0.3, -0.25) is 4.79 Å². The highest BCUT2D eigenvalue weighted by atomic mass is 79.9. The third kappa shape index (κ3) is 4.43. The van der Waals surface area contributed by atoms with E-state index < -0.39 is 0 Å². The summed E-state index contributed by atoms with van der Waals surface area (Å²) in [6.45, 7) is 2.04. The Morgan fingerprint density at radius 3 is 2.33 bits per heavy atom. The molecule has 0 radical (unpaired) electrons. The van der Waals surface area contributed by atoms with Crippen LogP contribution in [0.1, 0.15) is 39.0 Å². The average molecular weight is 341 g/mol. The molecule has 1 aliphatic rings. The van der Waals surface area contributed by atoms with E-state index >= 15 is 0 Å². The SMILES string of the molecule is CC(CBr)(CBr)NC(=O)CC1CCCC1. The normalized spacial score (nSPS) is 18.1. The van der Waals surface area contributed by atoms with E-state index in [0.717, 1.165) is 10.7 Å². The van der Waals surface area contributed by atoms with Crippen LogP contribution in [0.15, 0.2) is 0 Å². The number of hydrogen-bond donors (Lipinski definition) is 1. The molecule has 0 atom stereocenters. The molecule has 15 heavy (non-hydrogen) atoms. The van der Waals surface area contributed by atoms with Gasteiger partial charge in [0.2, 0.25) is 5.91 Å². The zero-order valence-electron chi connectivity index (χ0n) is 9.19. The average Bonchev–Trinajstić information content (AvgIpc) is 2.70. The molecule has 88 valence electrons. The molecule has 0 saturated heterocycles. The fourth-order valence-electron chi connectivity index (χ4n) is 1.97. The second-order valence-corrected chi connectivity index (χ2v) is 5.85. The maximum atomic E-state index is 11.8. The summed E-state index contributed by atoms with van der Waals surface area (Å²) in [5.41, 5.74) is -0.157. The summed E-state index contributed by atoms with van der Waals surface area (Å²) in [4.78, 5) is 11.8. The van der Waals surface area contributed by atoms with Gasteiger partial charge < -0.3 is 5.32 Å². The lowest BCUT2D eigenvalue weighted by molar-refractivity contribution is -0.123. The number of halogens is 2. The molecule has 0 spiro atoms. The summed E-state index contributed by atoms with van der Waals surface area (Å²) < 4.78 is 0. The van der Waals surface area contributed by atoms with Gasteiger partial charge in [0, 0.05) is 17.1 Å². The van der Waals surface area contributed by atoms with Crippen molar-refractivity contribution in [1.29, 1.82) is 0 Å². The van der Waals surface area contributed by atoms with Gasteiger partial charge in [0.05, 0.1) is 5.54 Å². The van der Waals surface area contributed by atoms with Gasteiger partial charge in [-0.25, -0.2) is 0 Å². The highest BCUT2D eigenvalue weighted by Gasteiger charge is 2.25. The van der Waals surface area contributed by atoms with E-state index in [1.165, 1.54) is 25.7 Å². The lowest BCUT2D eigenvalue weighted by atomic mass is 10.0. The van der Waals surface area contributed by atoms with Crippen molar-refractivity contribution in [3.05, 3.63) is 0 Å². The first kappa shape index (κ1) is 13.5. The van der Waals surface area contributed by atoms with Crippen molar-refractivity contribution >= 4 is 37.8 Å². The Morgan fingerprint density at radius 2 is 1.87 bits per heavy atom. The van der Waals surface area contributed by atoms with Gasteiger partial charge in [-0.1, -0.05) is 44.7 Å². The molecule has 0 aromatic carbocycles. The van der Waals surface area contributed by atoms with Crippen molar-refractivity contribution in [3.8, 4) is 0 Å². The van der Waals surface area contributed by atoms with E-state index in [2.05, 4.69) is 37.2 Å². The summed E-state index contributed by atoms with van der Waals surface area (Å²) in [6.07, 6.45) is 5.76. The standard InChI is InChI=1S/C11H19Br2NO/c1-11(7-12,8-13)14-10(15)6-9-4-2-3-5-9/h9H,2-8H2,1H3,(H,14,15). The molecule has 1 aliphatic carbocycles. The quantitative estimate of drug-likeness (QED) is 0.765. The Balaban J connectivity index is 2.33. The van der Waals surface area contributed by atoms with Gasteiger partial charge in [0.25, 0.3) is 0 Å². The number of nitrogens with one attached hydrogen (secondary N) is 1. The van der Waals surface area contributed by atoms with Gasteiger partial charge in [-0.05, 0) is 25.7 Å². The van der Waals surface area contributed by atoms with Gasteiger partial charge in [-0.15, -0.1) is 0 Å². The smallest absolute Gasteiger partial charge is 0.220 e. The molecule has 0 aromatic rings. The molecule has 1 amide bonds. The summed E-state index contributed by atoms with van der Waals surface area (Å²) in [6, 6.07) is 0. The monoisotopic (exact) mass is 339 g/mol. The van der Waals surface area contributed by atoms with Crippen molar-refractivity contribution < 1.29 is 4.79 Å². The van der Waals surface area contributed by atoms with E-state index in [4.69, 9.17) is 0 Å². The fourth-order valence-corrected chi connectivity index (χ4v) is 3.18. The molecule has 0 heterocycles. The van der Waals surface area contributed by atoms with Crippen LogP contribution >= 0.6 is 31.9 Å². The fraction of sp³-hybridized carbons (Fsp3) is 0.909. The molecule has 0 aliphatic heterocycles. The second-order valence-electron chi connectivity index (χ2n) is 4.73. The number of carbonyl (C=O) groups excluding carboxylic acids is 1. The highest BCUT2D eigenvalue weighted by molar-refractivity contribution is 9.09. The molecular weight excluding hydrogens is 322 g/mol. The summed E-state index contributed by atoms with van der Waals surface area (Å²) in [5, 5.41) is 4.65. The summed E-state index contributed by atoms with van der Waals surface area (Å²) in [5.74, 6) is 0.822. The van der Waals surface area contributed by atoms with Crippen molar-refractivity contribution in [3.63, 3.8) is 0 Å². The molecule has 1 N–H and O–H groups in total. The zero-order valence-corrected chi connectivity index (χ0v) is 12.4. The number of amides is 1. The van der Waals surface area contributed by atoms with Gasteiger partial charge in [0.1, 0.15) is 0 Å². The third-order valence-corrected chi connectivity index (χ3v) is 5.46. The van der Waals surface area contributed by atoms with Crippen LogP contribution in [0.2, 0.25) is 0 Å². The van der Waals surface area contributed by atoms with Gasteiger partial charge >= 0.3 is 0 Å². The predicted molar refractivity (Wildman–Crippen MR) is 70.7 cm³/mol. The van der Waals surface area contributed by atoms with Crippen LogP contribution in [-0.2, 0) is 4.79 Å². The third-order valence-electron chi connectivity index (χ3n) is 2.98. The Kier molecular flexibility index (Phi) is 5.61. The Labute approximate surface area is 109 Å². The number of alkyl halides is 2. The van der Waals surface area contributed by atoms with Gasteiger partial charge in [-0.2, -0.15) is 0 Å². The molecular formula is C11H19Br2NO. The summed E-state index contributed by atoms with van der Waals surface area (Å²) >= 11 is 6.86. The van der Waals surface area contributed by atoms with Gasteiger partial charge in [0.15, 0.2) is 0 Å². The molecule has 1 fully saturated rings. The van der Waals surface area contributed by atoms with E-state index in [9.17, 15) is 4.79 Å². The number of rotatable bonds is 5. The van der Waals surface area contributed by atoms with Crippen molar-refractivity contribution in [2.75, 3.05) is 10.7 Å². The Bertz CT molecular complexity index is 211. The Morgan fingerprint density at radius 1 is 1.33 bits per heavy atom. The molecule has 2 nitrogen and oxygen atoms in total. The topological polar surface area (TPSA) is 29.1 Å². The first-order valence-corrected chi connectivity index (χ1v) is 7.77. The molecule has 1 saturated carbocycles. The van der Waals surface area contributed by atoms with Crippen LogP contribution in [0.25, 0.3) is 0 Å². The Hall–Kier alpha value is 0.430. The minimum absolute atomic E-state index is 0.157. The molecule has 0 bridgehead atoms. The van der Waals surface area contributed by atoms with Crippen LogP contribution in [0, 0.1) is 5.92 Å². The maximum Gasteiger partial charge on any atom is 0.220 e. The highest BCUT2D eigenvalue weighted by Crippen LogP contribution is 2.27. The van der Waals surface area contributed by atoms with Crippen molar-refractivity contribution in [2.45, 2.75) is 44.6 Å². The van der Waals surface area contributed by atoms with E-state index in [-0.39, 0.29) is 11.4 Å². The lowest BCUT2D eigenvalue weighted by Crippen LogP contribution is -2.49. The minimum atomic E-state index is -0.157. The lowest BCUT2D eigenvalue weighted by Gasteiger charge is -2.27. The van der Waals surface area contributed by atoms with Crippen molar-refractivity contribution in [2.24, 2.45) is 5.92 Å². The van der Waals surface area contributed by atoms with Crippen LogP contribution in [-0.4, -0.2) is 22.1 Å². The second kappa shape index (κ2) is 6.24. The first-order chi connectivity index (χ1) is 7.09. The summed E-state index contributed by atoms with van der Waals surface area (Å²) in [7, 11) is 0. The van der Waals surface area contributed by atoms with E-state index in [1.807, 2.05) is 6.92 Å². The molecule has 4 heteroatoms. The minimum Gasteiger partial charge on any atom is -0.349 e. The largest absolute Gasteiger partial charge is 0.349 e. The maximum absolute atomic E-state index is 11.8. The molecule has 0 unspecified atom stereocenters. The zero-order chi connectivity index (χ0) is 11.3. The molecule has 1 rings (SSSR count). The van der Waals surface area contributed by atoms with Crippen LogP contribution < -0.4 is 5.32 Å². The van der Waals surface area contributed by atoms with E-state index in [1.54, 1.807) is 0 Å². The van der Waals surface area contributed by atoms with Crippen LogP contribution in [0.3, 0.4) is 0 Å². The van der Waals surface area contributed by atoms with Crippen LogP contribution in [0.4, 0.5) is 0 Å².